The Morgan fingerprint density at radius 2 is 1.92 bits per heavy atom. The number of nitrogens with one attached hydrogen (secondary N) is 1. The highest BCUT2D eigenvalue weighted by molar-refractivity contribution is 6.30. The van der Waals surface area contributed by atoms with Crippen molar-refractivity contribution in [3.05, 3.63) is 99.5 Å². The van der Waals surface area contributed by atoms with E-state index in [9.17, 15) is 14.4 Å². The molecular weight excluding hydrogens is 484 g/mol. The highest BCUT2D eigenvalue weighted by Gasteiger charge is 2.35. The zero-order chi connectivity index (χ0) is 25.1. The maximum absolute atomic E-state index is 13.0. The monoisotopic (exact) mass is 504 g/mol. The van der Waals surface area contributed by atoms with E-state index in [0.717, 1.165) is 5.56 Å². The molecule has 1 N–H and O–H groups in total. The minimum absolute atomic E-state index is 0.0462. The molecule has 3 heterocycles. The van der Waals surface area contributed by atoms with Crippen LogP contribution in [-0.4, -0.2) is 39.2 Å². The van der Waals surface area contributed by atoms with Crippen LogP contribution in [0, 0.1) is 0 Å². The van der Waals surface area contributed by atoms with E-state index in [1.807, 2.05) is 12.1 Å². The topological polar surface area (TPSA) is 118 Å². The summed E-state index contributed by atoms with van der Waals surface area (Å²) in [4.78, 5) is 44.5. The number of esters is 1. The van der Waals surface area contributed by atoms with E-state index in [0.29, 0.717) is 39.6 Å². The standard InChI is InChI=1S/C26H21ClN4O5/c27-17-9-7-16(8-10-17)20-14-21(22-6-3-13-35-22)31(30-20)24(32)15-36-25(33)12-11-23-28-19-5-2-1-4-18(19)26(34)29-23/h1-10,13,21H,11-12,14-15H2,(H,28,29,34). The number of aromatic nitrogens is 2. The maximum atomic E-state index is 13.0. The lowest BCUT2D eigenvalue weighted by Gasteiger charge is -2.19. The number of amides is 1. The first-order chi connectivity index (χ1) is 17.5. The first-order valence-corrected chi connectivity index (χ1v) is 11.7. The summed E-state index contributed by atoms with van der Waals surface area (Å²) in [5.41, 5.74) is 1.80. The number of para-hydroxylation sites is 1. The molecule has 10 heteroatoms. The van der Waals surface area contributed by atoms with Crippen molar-refractivity contribution in [1.29, 1.82) is 0 Å². The van der Waals surface area contributed by atoms with E-state index >= 15 is 0 Å². The van der Waals surface area contributed by atoms with Gasteiger partial charge in [-0.3, -0.25) is 14.4 Å². The van der Waals surface area contributed by atoms with Crippen molar-refractivity contribution in [2.24, 2.45) is 5.10 Å². The van der Waals surface area contributed by atoms with Crippen LogP contribution in [0.2, 0.25) is 5.02 Å². The summed E-state index contributed by atoms with van der Waals surface area (Å²) in [7, 11) is 0. The average Bonchev–Trinajstić information content (AvgIpc) is 3.57. The SMILES string of the molecule is O=C(CCc1nc2ccccc2c(=O)[nH]1)OCC(=O)N1N=C(c2ccc(Cl)cc2)CC1c1ccco1. The van der Waals surface area contributed by atoms with Gasteiger partial charge in [0.25, 0.3) is 11.5 Å². The van der Waals surface area contributed by atoms with Gasteiger partial charge in [0.05, 0.1) is 29.3 Å². The lowest BCUT2D eigenvalue weighted by Crippen LogP contribution is -2.31. The van der Waals surface area contributed by atoms with Crippen molar-refractivity contribution in [3.63, 3.8) is 0 Å². The van der Waals surface area contributed by atoms with E-state index in [1.165, 1.54) is 11.3 Å². The molecule has 0 bridgehead atoms. The van der Waals surface area contributed by atoms with Crippen LogP contribution >= 0.6 is 11.6 Å². The molecule has 1 aliphatic rings. The van der Waals surface area contributed by atoms with Gasteiger partial charge in [0, 0.05) is 17.9 Å². The number of fused-ring (bicyclic) bond motifs is 1. The summed E-state index contributed by atoms with van der Waals surface area (Å²) >= 11 is 5.99. The molecule has 2 aromatic heterocycles. The third kappa shape index (κ3) is 5.06. The van der Waals surface area contributed by atoms with Crippen molar-refractivity contribution in [2.75, 3.05) is 6.61 Å². The molecule has 1 aliphatic heterocycles. The number of hydrogen-bond acceptors (Lipinski definition) is 7. The van der Waals surface area contributed by atoms with E-state index in [1.54, 1.807) is 48.5 Å². The number of ether oxygens (including phenoxy) is 1. The molecule has 9 nitrogen and oxygen atoms in total. The predicted octanol–water partition coefficient (Wildman–Crippen LogP) is 4.02. The summed E-state index contributed by atoms with van der Waals surface area (Å²) in [6, 6.07) is 17.2. The number of carbonyl (C=O) groups excluding carboxylic acids is 2. The molecule has 1 unspecified atom stereocenters. The number of carbonyl (C=O) groups is 2. The molecule has 0 aliphatic carbocycles. The van der Waals surface area contributed by atoms with Crippen LogP contribution in [0.3, 0.4) is 0 Å². The highest BCUT2D eigenvalue weighted by atomic mass is 35.5. The van der Waals surface area contributed by atoms with E-state index in [2.05, 4.69) is 15.1 Å². The number of aryl methyl sites for hydroxylation is 1. The van der Waals surface area contributed by atoms with Gasteiger partial charge in [0.1, 0.15) is 17.6 Å². The molecule has 1 amide bonds. The number of nitrogens with zero attached hydrogens (tertiary/aromatic N) is 3. The third-order valence-corrected chi connectivity index (χ3v) is 6.05. The number of aromatic amines is 1. The fourth-order valence-electron chi connectivity index (χ4n) is 4.01. The van der Waals surface area contributed by atoms with Gasteiger partial charge in [-0.1, -0.05) is 35.9 Å². The Balaban J connectivity index is 1.23. The zero-order valence-electron chi connectivity index (χ0n) is 19.0. The number of H-pyrrole nitrogens is 1. The van der Waals surface area contributed by atoms with Crippen LogP contribution in [0.25, 0.3) is 10.9 Å². The minimum atomic E-state index is -0.588. The minimum Gasteiger partial charge on any atom is -0.467 e. The second-order valence-corrected chi connectivity index (χ2v) is 8.65. The van der Waals surface area contributed by atoms with Crippen LogP contribution in [0.15, 0.2) is 81.2 Å². The van der Waals surface area contributed by atoms with Crippen molar-refractivity contribution in [3.8, 4) is 0 Å². The van der Waals surface area contributed by atoms with Crippen LogP contribution in [0.5, 0.6) is 0 Å². The van der Waals surface area contributed by atoms with Gasteiger partial charge in [-0.2, -0.15) is 5.10 Å². The molecule has 0 radical (unpaired) electrons. The number of hydrogen-bond donors (Lipinski definition) is 1. The van der Waals surface area contributed by atoms with Crippen molar-refractivity contribution in [1.82, 2.24) is 15.0 Å². The lowest BCUT2D eigenvalue weighted by molar-refractivity contribution is -0.153. The average molecular weight is 505 g/mol. The van der Waals surface area contributed by atoms with E-state index in [-0.39, 0.29) is 18.4 Å². The molecule has 0 saturated carbocycles. The normalized spacial score (nSPS) is 15.2. The number of hydrazone groups is 1. The molecule has 182 valence electrons. The highest BCUT2D eigenvalue weighted by Crippen LogP contribution is 2.33. The van der Waals surface area contributed by atoms with Gasteiger partial charge in [0.15, 0.2) is 6.61 Å². The number of halogens is 1. The maximum Gasteiger partial charge on any atom is 0.306 e. The molecule has 5 rings (SSSR count). The second-order valence-electron chi connectivity index (χ2n) is 8.22. The van der Waals surface area contributed by atoms with Gasteiger partial charge in [-0.05, 0) is 42.0 Å². The summed E-state index contributed by atoms with van der Waals surface area (Å²) in [6.07, 6.45) is 2.10. The van der Waals surface area contributed by atoms with Crippen LogP contribution in [0.4, 0.5) is 0 Å². The molecule has 36 heavy (non-hydrogen) atoms. The summed E-state index contributed by atoms with van der Waals surface area (Å²) in [5, 5.41) is 6.86. The van der Waals surface area contributed by atoms with Crippen LogP contribution < -0.4 is 5.56 Å². The third-order valence-electron chi connectivity index (χ3n) is 5.80. The largest absolute Gasteiger partial charge is 0.467 e. The molecule has 0 saturated heterocycles. The number of benzene rings is 2. The Bertz CT molecular complexity index is 1500. The van der Waals surface area contributed by atoms with E-state index < -0.39 is 24.5 Å². The van der Waals surface area contributed by atoms with Crippen molar-refractivity contribution in [2.45, 2.75) is 25.3 Å². The molecule has 0 spiro atoms. The Morgan fingerprint density at radius 3 is 2.69 bits per heavy atom. The molecule has 2 aromatic carbocycles. The summed E-state index contributed by atoms with van der Waals surface area (Å²) < 4.78 is 10.7. The molecule has 1 atom stereocenters. The number of furan rings is 1. The number of rotatable bonds is 7. The fraction of sp³-hybridized carbons (Fsp3) is 0.192. The molecule has 0 fully saturated rings. The van der Waals surface area contributed by atoms with Crippen molar-refractivity contribution >= 4 is 40.1 Å². The molecule has 4 aromatic rings. The Kier molecular flexibility index (Phi) is 6.64. The first-order valence-electron chi connectivity index (χ1n) is 11.3. The predicted molar refractivity (Wildman–Crippen MR) is 133 cm³/mol. The van der Waals surface area contributed by atoms with Gasteiger partial charge >= 0.3 is 5.97 Å². The van der Waals surface area contributed by atoms with E-state index in [4.69, 9.17) is 20.8 Å². The zero-order valence-corrected chi connectivity index (χ0v) is 19.8. The van der Waals surface area contributed by atoms with Gasteiger partial charge < -0.3 is 14.1 Å². The van der Waals surface area contributed by atoms with Crippen molar-refractivity contribution < 1.29 is 18.7 Å². The smallest absolute Gasteiger partial charge is 0.306 e. The summed E-state index contributed by atoms with van der Waals surface area (Å²) in [6.45, 7) is -0.477. The van der Waals surface area contributed by atoms with Gasteiger partial charge in [-0.25, -0.2) is 9.99 Å². The Labute approximate surface area is 210 Å². The molecular formula is C26H21ClN4O5. The lowest BCUT2D eigenvalue weighted by atomic mass is 10.0. The van der Waals surface area contributed by atoms with Gasteiger partial charge in [0.2, 0.25) is 0 Å². The second kappa shape index (κ2) is 10.2. The van der Waals surface area contributed by atoms with Crippen LogP contribution in [-0.2, 0) is 20.7 Å². The van der Waals surface area contributed by atoms with Crippen LogP contribution in [0.1, 0.15) is 36.0 Å². The quantitative estimate of drug-likeness (QED) is 0.380. The summed E-state index contributed by atoms with van der Waals surface area (Å²) in [5.74, 6) is -0.119. The fourth-order valence-corrected chi connectivity index (χ4v) is 4.14. The Hall–Kier alpha value is -4.24. The van der Waals surface area contributed by atoms with Gasteiger partial charge in [-0.15, -0.1) is 0 Å². The Morgan fingerprint density at radius 1 is 1.11 bits per heavy atom. The first kappa shape index (κ1) is 23.5.